The molecular formula is C28H48K2O16S2. The fourth-order valence-electron chi connectivity index (χ4n) is 3.31. The van der Waals surface area contributed by atoms with Gasteiger partial charge in [0, 0.05) is 24.7 Å². The van der Waals surface area contributed by atoms with Crippen molar-refractivity contribution in [3.05, 3.63) is 24.3 Å². The first kappa shape index (κ1) is 51.7. The standard InChI is InChI=1S/C28H50O16S2.2K/c29-45(30,31)25-3-7-35-9-11-37-13-15-39-17-19-41-21-23-43-27-5-1-2-6-28(27)44-24-22-42-20-18-40-16-14-38-12-10-36-8-4-26-46(32,33)34;;/h1-2,5-6H,3-4,7-26H2,(H,29,30,31)(H,32,33,34);;/q;2*+1/p-2. The average Bonchev–Trinajstić information content (AvgIpc) is 3.00. The summed E-state index contributed by atoms with van der Waals surface area (Å²) >= 11 is 0. The molecule has 0 spiro atoms. The Morgan fingerprint density at radius 3 is 0.875 bits per heavy atom. The van der Waals surface area contributed by atoms with Crippen LogP contribution < -0.4 is 112 Å². The van der Waals surface area contributed by atoms with Crippen molar-refractivity contribution in [1.82, 2.24) is 0 Å². The second-order valence-corrected chi connectivity index (χ2v) is 12.3. The summed E-state index contributed by atoms with van der Waals surface area (Å²) in [5.74, 6) is 0.341. The van der Waals surface area contributed by atoms with Crippen molar-refractivity contribution in [2.45, 2.75) is 12.8 Å². The molecule has 48 heavy (non-hydrogen) atoms. The maximum Gasteiger partial charge on any atom is 1.00 e. The first-order chi connectivity index (χ1) is 22.2. The molecular weight excluding hydrogens is 735 g/mol. The van der Waals surface area contributed by atoms with Crippen LogP contribution in [-0.4, -0.2) is 156 Å². The van der Waals surface area contributed by atoms with Gasteiger partial charge in [-0.3, -0.25) is 0 Å². The van der Waals surface area contributed by atoms with Gasteiger partial charge in [-0.05, 0) is 25.0 Å². The normalized spacial score (nSPS) is 11.5. The zero-order valence-corrected chi connectivity index (χ0v) is 36.1. The molecule has 0 heterocycles. The van der Waals surface area contributed by atoms with E-state index in [0.29, 0.717) is 117 Å². The summed E-state index contributed by atoms with van der Waals surface area (Å²) in [4.78, 5) is 0. The minimum absolute atomic E-state index is 0. The minimum atomic E-state index is -4.19. The summed E-state index contributed by atoms with van der Waals surface area (Å²) in [5, 5.41) is 0. The van der Waals surface area contributed by atoms with Gasteiger partial charge in [-0.15, -0.1) is 0 Å². The van der Waals surface area contributed by atoms with E-state index < -0.39 is 31.7 Å². The largest absolute Gasteiger partial charge is 1.00 e. The van der Waals surface area contributed by atoms with Gasteiger partial charge in [-0.25, -0.2) is 16.8 Å². The molecule has 1 rings (SSSR count). The third-order valence-corrected chi connectivity index (χ3v) is 7.00. The Kier molecular flexibility index (Phi) is 38.4. The van der Waals surface area contributed by atoms with Gasteiger partial charge in [0.25, 0.3) is 0 Å². The molecule has 0 aliphatic carbocycles. The van der Waals surface area contributed by atoms with Crippen LogP contribution in [0.4, 0.5) is 0 Å². The van der Waals surface area contributed by atoms with Crippen molar-refractivity contribution in [2.24, 2.45) is 0 Å². The van der Waals surface area contributed by atoms with Crippen LogP contribution in [0, 0.1) is 0 Å². The fourth-order valence-corrected chi connectivity index (χ4v) is 4.25. The van der Waals surface area contributed by atoms with Gasteiger partial charge < -0.3 is 56.5 Å². The van der Waals surface area contributed by atoms with E-state index in [9.17, 15) is 25.9 Å². The maximum absolute atomic E-state index is 10.5. The second-order valence-electron chi connectivity index (χ2n) is 9.27. The van der Waals surface area contributed by atoms with Crippen LogP contribution in [0.15, 0.2) is 24.3 Å². The first-order valence-corrected chi connectivity index (χ1v) is 18.2. The molecule has 0 saturated carbocycles. The molecule has 1 aromatic carbocycles. The summed E-state index contributed by atoms with van der Waals surface area (Å²) < 4.78 is 117. The van der Waals surface area contributed by atoms with Gasteiger partial charge in [0.05, 0.1) is 113 Å². The third kappa shape index (κ3) is 37.4. The summed E-state index contributed by atoms with van der Waals surface area (Å²) in [6, 6.07) is 7.32. The van der Waals surface area contributed by atoms with Crippen molar-refractivity contribution in [3.63, 3.8) is 0 Å². The van der Waals surface area contributed by atoms with Crippen LogP contribution in [-0.2, 0) is 58.1 Å². The van der Waals surface area contributed by atoms with E-state index in [2.05, 4.69) is 0 Å². The molecule has 1 aromatic rings. The van der Waals surface area contributed by atoms with E-state index in [1.807, 2.05) is 24.3 Å². The van der Waals surface area contributed by atoms with Crippen LogP contribution in [0.2, 0.25) is 0 Å². The SMILES string of the molecule is O=S(=O)([O-])CCCOCCOCCOCCOCCOc1ccccc1OCCOCCOCCOCCOCCCS(=O)(=O)[O-].[K+].[K+]. The Labute approximate surface area is 370 Å². The van der Waals surface area contributed by atoms with Gasteiger partial charge in [0.15, 0.2) is 11.5 Å². The van der Waals surface area contributed by atoms with Crippen molar-refractivity contribution in [2.75, 3.05) is 130 Å². The number of ether oxygens (including phenoxy) is 10. The maximum atomic E-state index is 10.5. The Hall–Kier alpha value is 1.59. The summed E-state index contributed by atoms with van der Waals surface area (Å²) in [5.41, 5.74) is 0. The van der Waals surface area contributed by atoms with Gasteiger partial charge in [0.1, 0.15) is 13.2 Å². The van der Waals surface area contributed by atoms with Crippen molar-refractivity contribution < 1.29 is 176 Å². The van der Waals surface area contributed by atoms with Crippen molar-refractivity contribution in [1.29, 1.82) is 0 Å². The number of benzene rings is 1. The fraction of sp³-hybridized carbons (Fsp3) is 0.786. The van der Waals surface area contributed by atoms with Gasteiger partial charge in [-0.2, -0.15) is 0 Å². The molecule has 0 saturated heterocycles. The van der Waals surface area contributed by atoms with E-state index in [-0.39, 0.29) is 129 Å². The zero-order chi connectivity index (χ0) is 33.6. The minimum Gasteiger partial charge on any atom is -0.748 e. The molecule has 0 unspecified atom stereocenters. The molecule has 0 N–H and O–H groups in total. The molecule has 0 aliphatic heterocycles. The molecule has 16 nitrogen and oxygen atoms in total. The van der Waals surface area contributed by atoms with E-state index in [0.717, 1.165) is 0 Å². The second kappa shape index (κ2) is 35.6. The Morgan fingerprint density at radius 2 is 0.625 bits per heavy atom. The molecule has 0 aromatic heterocycles. The van der Waals surface area contributed by atoms with E-state index >= 15 is 0 Å². The van der Waals surface area contributed by atoms with Gasteiger partial charge in [0.2, 0.25) is 0 Å². The van der Waals surface area contributed by atoms with E-state index in [1.54, 1.807) is 0 Å². The monoisotopic (exact) mass is 782 g/mol. The van der Waals surface area contributed by atoms with Crippen LogP contribution in [0.1, 0.15) is 12.8 Å². The smallest absolute Gasteiger partial charge is 0.748 e. The Morgan fingerprint density at radius 1 is 0.396 bits per heavy atom. The molecule has 0 aliphatic rings. The quantitative estimate of drug-likeness (QED) is 0.0363. The van der Waals surface area contributed by atoms with E-state index in [4.69, 9.17) is 47.4 Å². The zero-order valence-electron chi connectivity index (χ0n) is 28.2. The summed E-state index contributed by atoms with van der Waals surface area (Å²) in [6.45, 7) is 6.31. The molecule has 0 radical (unpaired) electrons. The van der Waals surface area contributed by atoms with Crippen LogP contribution >= 0.6 is 0 Å². The molecule has 20 heteroatoms. The van der Waals surface area contributed by atoms with Crippen molar-refractivity contribution >= 4 is 20.2 Å². The number of rotatable bonds is 34. The van der Waals surface area contributed by atoms with Crippen LogP contribution in [0.5, 0.6) is 11.5 Å². The Balaban J connectivity index is 0. The molecule has 0 amide bonds. The van der Waals surface area contributed by atoms with Crippen LogP contribution in [0.25, 0.3) is 0 Å². The van der Waals surface area contributed by atoms with Gasteiger partial charge in [-0.1, -0.05) is 12.1 Å². The first-order valence-electron chi connectivity index (χ1n) is 15.0. The van der Waals surface area contributed by atoms with Crippen molar-refractivity contribution in [3.8, 4) is 11.5 Å². The molecule has 270 valence electrons. The molecule has 0 fully saturated rings. The predicted octanol–water partition coefficient (Wildman–Crippen LogP) is -5.54. The van der Waals surface area contributed by atoms with Crippen LogP contribution in [0.3, 0.4) is 0 Å². The summed E-state index contributed by atoms with van der Waals surface area (Å²) in [7, 11) is -8.38. The summed E-state index contributed by atoms with van der Waals surface area (Å²) in [6.07, 6.45) is 0.338. The van der Waals surface area contributed by atoms with E-state index in [1.165, 1.54) is 0 Å². The average molecular weight is 783 g/mol. The number of hydrogen-bond acceptors (Lipinski definition) is 16. The number of hydrogen-bond donors (Lipinski definition) is 0. The molecule has 0 atom stereocenters. The third-order valence-electron chi connectivity index (χ3n) is 5.42. The number of para-hydroxylation sites is 2. The predicted molar refractivity (Wildman–Crippen MR) is 162 cm³/mol. The topological polar surface area (TPSA) is 207 Å². The van der Waals surface area contributed by atoms with Gasteiger partial charge >= 0.3 is 103 Å². The molecule has 0 bridgehead atoms. The Bertz CT molecular complexity index is 984.